The topological polar surface area (TPSA) is 14.8 Å². The van der Waals surface area contributed by atoms with Gasteiger partial charge in [-0.2, -0.15) is 0 Å². The van der Waals surface area contributed by atoms with Crippen LogP contribution in [0.1, 0.15) is 0 Å². The molecule has 0 atom stereocenters. The molecule has 3 heteroatoms. The number of benzene rings is 9. The van der Waals surface area contributed by atoms with Crippen molar-refractivity contribution in [2.75, 3.05) is 0 Å². The molecule has 0 saturated carbocycles. The second kappa shape index (κ2) is 12.5. The second-order valence-electron chi connectivity index (χ2n) is 14.9. The molecule has 3 nitrogen and oxygen atoms in total. The zero-order valence-electron chi connectivity index (χ0n) is 31.0. The Labute approximate surface area is 329 Å². The van der Waals surface area contributed by atoms with Crippen LogP contribution in [0.25, 0.3) is 105 Å². The van der Waals surface area contributed by atoms with E-state index in [0.717, 1.165) is 17.1 Å². The third-order valence-corrected chi connectivity index (χ3v) is 11.8. The Balaban J connectivity index is 1.20. The average Bonchev–Trinajstić information content (AvgIpc) is 3.92. The standard InChI is InChI=1S/C54H35N3/c1-4-19-39(20-5-1)55-47-28-13-10-25-42(47)44-32-31-37(34-50(44)55)36-17-16-18-38(33-36)52-53-45-27-12-15-30-49(45)56(40-21-6-2-7-22-40)51(53)35-46-43-26-11-14-29-48(43)57(54(46)52)41-23-8-3-9-24-41/h1-35H. The lowest BCUT2D eigenvalue weighted by Gasteiger charge is -2.15. The molecule has 9 aromatic carbocycles. The van der Waals surface area contributed by atoms with Gasteiger partial charge in [-0.25, -0.2) is 0 Å². The summed E-state index contributed by atoms with van der Waals surface area (Å²) < 4.78 is 7.33. The molecule has 0 aliphatic heterocycles. The van der Waals surface area contributed by atoms with Gasteiger partial charge in [-0.15, -0.1) is 0 Å². The highest BCUT2D eigenvalue weighted by atomic mass is 15.0. The number of nitrogens with zero attached hydrogens (tertiary/aromatic N) is 3. The first kappa shape index (κ1) is 31.7. The maximum absolute atomic E-state index is 2.48. The van der Waals surface area contributed by atoms with E-state index in [4.69, 9.17) is 0 Å². The van der Waals surface area contributed by atoms with Crippen LogP contribution in [-0.2, 0) is 0 Å². The van der Waals surface area contributed by atoms with Crippen LogP contribution in [0.5, 0.6) is 0 Å². The molecular weight excluding hydrogens is 691 g/mol. The van der Waals surface area contributed by atoms with Crippen LogP contribution in [-0.4, -0.2) is 13.7 Å². The van der Waals surface area contributed by atoms with E-state index in [-0.39, 0.29) is 0 Å². The number of hydrogen-bond acceptors (Lipinski definition) is 0. The molecule has 0 saturated heterocycles. The van der Waals surface area contributed by atoms with E-state index in [2.05, 4.69) is 226 Å². The van der Waals surface area contributed by atoms with Gasteiger partial charge in [0.25, 0.3) is 0 Å². The number of fused-ring (bicyclic) bond motifs is 9. The summed E-state index contributed by atoms with van der Waals surface area (Å²) in [6.45, 7) is 0. The molecule has 0 aliphatic rings. The summed E-state index contributed by atoms with van der Waals surface area (Å²) in [5.74, 6) is 0. The molecular formula is C54H35N3. The van der Waals surface area contributed by atoms with Gasteiger partial charge in [-0.05, 0) is 89.5 Å². The molecule has 266 valence electrons. The third kappa shape index (κ3) is 4.73. The Morgan fingerprint density at radius 2 is 0.702 bits per heavy atom. The van der Waals surface area contributed by atoms with Crippen molar-refractivity contribution >= 4 is 65.4 Å². The molecule has 0 N–H and O–H groups in total. The minimum atomic E-state index is 1.14. The Hall–Kier alpha value is -7.62. The van der Waals surface area contributed by atoms with Crippen molar-refractivity contribution in [2.45, 2.75) is 0 Å². The Morgan fingerprint density at radius 3 is 1.35 bits per heavy atom. The van der Waals surface area contributed by atoms with Crippen molar-refractivity contribution in [2.24, 2.45) is 0 Å². The minimum Gasteiger partial charge on any atom is -0.309 e. The lowest BCUT2D eigenvalue weighted by atomic mass is 9.93. The summed E-state index contributed by atoms with van der Waals surface area (Å²) >= 11 is 0. The lowest BCUT2D eigenvalue weighted by Crippen LogP contribution is -1.97. The molecule has 0 spiro atoms. The Morgan fingerprint density at radius 1 is 0.246 bits per heavy atom. The van der Waals surface area contributed by atoms with Crippen molar-refractivity contribution < 1.29 is 0 Å². The van der Waals surface area contributed by atoms with E-state index in [9.17, 15) is 0 Å². The van der Waals surface area contributed by atoms with Crippen LogP contribution in [0, 0.1) is 0 Å². The van der Waals surface area contributed by atoms with Gasteiger partial charge in [-0.1, -0.05) is 140 Å². The van der Waals surface area contributed by atoms with E-state index in [0.29, 0.717) is 0 Å². The maximum Gasteiger partial charge on any atom is 0.0627 e. The minimum absolute atomic E-state index is 1.14. The van der Waals surface area contributed by atoms with E-state index >= 15 is 0 Å². The van der Waals surface area contributed by atoms with Gasteiger partial charge in [-0.3, -0.25) is 0 Å². The largest absolute Gasteiger partial charge is 0.309 e. The van der Waals surface area contributed by atoms with E-state index in [1.807, 2.05) is 0 Å². The SMILES string of the molecule is c1ccc(-n2c3ccccc3c3ccc(-c4cccc(-c5c6c7ccccc7n(-c7ccccc7)c6cc6c7ccccc7n(-c7ccccc7)c56)c4)cc32)cc1. The van der Waals surface area contributed by atoms with Crippen LogP contribution in [0.3, 0.4) is 0 Å². The van der Waals surface area contributed by atoms with Gasteiger partial charge in [0.1, 0.15) is 0 Å². The Bertz CT molecular complexity index is 3490. The van der Waals surface area contributed by atoms with Crippen molar-refractivity contribution in [3.63, 3.8) is 0 Å². The van der Waals surface area contributed by atoms with Gasteiger partial charge >= 0.3 is 0 Å². The summed E-state index contributed by atoms with van der Waals surface area (Å²) in [7, 11) is 0. The van der Waals surface area contributed by atoms with Crippen molar-refractivity contribution in [1.82, 2.24) is 13.7 Å². The first-order chi connectivity index (χ1) is 28.3. The molecule has 0 aliphatic carbocycles. The fourth-order valence-corrected chi connectivity index (χ4v) is 9.41. The van der Waals surface area contributed by atoms with E-state index < -0.39 is 0 Å². The van der Waals surface area contributed by atoms with Crippen LogP contribution in [0.15, 0.2) is 212 Å². The highest BCUT2D eigenvalue weighted by Gasteiger charge is 2.24. The van der Waals surface area contributed by atoms with Gasteiger partial charge in [0.05, 0.1) is 33.1 Å². The van der Waals surface area contributed by atoms with Gasteiger partial charge in [0, 0.05) is 54.9 Å². The van der Waals surface area contributed by atoms with Crippen molar-refractivity contribution in [3.05, 3.63) is 212 Å². The number of hydrogen-bond donors (Lipinski definition) is 0. The average molecular weight is 726 g/mol. The Kier molecular flexibility index (Phi) is 6.93. The zero-order valence-corrected chi connectivity index (χ0v) is 31.0. The normalized spacial score (nSPS) is 11.9. The van der Waals surface area contributed by atoms with Crippen LogP contribution >= 0.6 is 0 Å². The number of para-hydroxylation sites is 6. The summed E-state index contributed by atoms with van der Waals surface area (Å²) in [4.78, 5) is 0. The lowest BCUT2D eigenvalue weighted by molar-refractivity contribution is 1.17. The van der Waals surface area contributed by atoms with Crippen LogP contribution in [0.4, 0.5) is 0 Å². The van der Waals surface area contributed by atoms with Gasteiger partial charge in [0.15, 0.2) is 0 Å². The zero-order chi connectivity index (χ0) is 37.5. The molecule has 0 unspecified atom stereocenters. The van der Waals surface area contributed by atoms with E-state index in [1.165, 1.54) is 87.7 Å². The first-order valence-corrected chi connectivity index (χ1v) is 19.6. The van der Waals surface area contributed by atoms with Crippen LogP contribution < -0.4 is 0 Å². The number of rotatable bonds is 5. The molecule has 57 heavy (non-hydrogen) atoms. The summed E-state index contributed by atoms with van der Waals surface area (Å²) in [5, 5.41) is 7.46. The fraction of sp³-hybridized carbons (Fsp3) is 0. The predicted molar refractivity (Wildman–Crippen MR) is 240 cm³/mol. The highest BCUT2D eigenvalue weighted by Crippen LogP contribution is 2.47. The molecule has 0 fully saturated rings. The maximum atomic E-state index is 2.48. The molecule has 3 aromatic heterocycles. The van der Waals surface area contributed by atoms with Gasteiger partial charge in [0.2, 0.25) is 0 Å². The quantitative estimate of drug-likeness (QED) is 0.168. The first-order valence-electron chi connectivity index (χ1n) is 19.6. The summed E-state index contributed by atoms with van der Waals surface area (Å²) in [6, 6.07) is 77.4. The molecule has 0 amide bonds. The van der Waals surface area contributed by atoms with Crippen LogP contribution in [0.2, 0.25) is 0 Å². The highest BCUT2D eigenvalue weighted by molar-refractivity contribution is 6.27. The number of aromatic nitrogens is 3. The van der Waals surface area contributed by atoms with Crippen molar-refractivity contribution in [3.8, 4) is 39.3 Å². The van der Waals surface area contributed by atoms with Gasteiger partial charge < -0.3 is 13.7 Å². The second-order valence-corrected chi connectivity index (χ2v) is 14.9. The smallest absolute Gasteiger partial charge is 0.0627 e. The molecule has 12 rings (SSSR count). The monoisotopic (exact) mass is 725 g/mol. The third-order valence-electron chi connectivity index (χ3n) is 11.8. The fourth-order valence-electron chi connectivity index (χ4n) is 9.41. The van der Waals surface area contributed by atoms with E-state index in [1.54, 1.807) is 0 Å². The van der Waals surface area contributed by atoms with Crippen molar-refractivity contribution in [1.29, 1.82) is 0 Å². The summed E-state index contributed by atoms with van der Waals surface area (Å²) in [5.41, 5.74) is 15.4. The predicted octanol–water partition coefficient (Wildman–Crippen LogP) is 14.3. The molecule has 0 bridgehead atoms. The summed E-state index contributed by atoms with van der Waals surface area (Å²) in [6.07, 6.45) is 0. The molecule has 12 aromatic rings. The molecule has 0 radical (unpaired) electrons. The molecule has 3 heterocycles.